The van der Waals surface area contributed by atoms with Crippen molar-refractivity contribution < 1.29 is 4.74 Å². The van der Waals surface area contributed by atoms with E-state index in [-0.39, 0.29) is 5.60 Å². The normalized spacial score (nSPS) is 12.3. The molecule has 114 valence electrons. The molecule has 0 amide bonds. The Kier molecular flexibility index (Phi) is 8.45. The van der Waals surface area contributed by atoms with Crippen LogP contribution in [0, 0.1) is 0 Å². The topological polar surface area (TPSA) is 45.7 Å². The second kappa shape index (κ2) is 9.23. The molecule has 0 spiro atoms. The van der Waals surface area contributed by atoms with Gasteiger partial charge in [0.25, 0.3) is 0 Å². The van der Waals surface area contributed by atoms with Gasteiger partial charge in [-0.15, -0.1) is 0 Å². The number of ether oxygens (including phenoxy) is 1. The first kappa shape index (κ1) is 18.3. The van der Waals surface area contributed by atoms with Crippen molar-refractivity contribution in [3.8, 4) is 0 Å². The van der Waals surface area contributed by atoms with Gasteiger partial charge >= 0.3 is 0 Å². The van der Waals surface area contributed by atoms with Crippen molar-refractivity contribution in [3.63, 3.8) is 0 Å². The molecule has 0 radical (unpaired) electrons. The maximum atomic E-state index is 5.60. The van der Waals surface area contributed by atoms with Gasteiger partial charge in [0.05, 0.1) is 6.54 Å². The smallest absolute Gasteiger partial charge is 0.179 e. The summed E-state index contributed by atoms with van der Waals surface area (Å²) in [4.78, 5) is 4.43. The van der Waals surface area contributed by atoms with E-state index in [0.29, 0.717) is 12.4 Å². The summed E-state index contributed by atoms with van der Waals surface area (Å²) in [5.41, 5.74) is 0.735. The molecular weight excluding hydrogens is 250 g/mol. The predicted molar refractivity (Wildman–Crippen MR) is 87.9 cm³/mol. The van der Waals surface area contributed by atoms with Gasteiger partial charge in [-0.2, -0.15) is 0 Å². The van der Waals surface area contributed by atoms with Crippen LogP contribution in [0.15, 0.2) is 41.8 Å². The van der Waals surface area contributed by atoms with Crippen LogP contribution in [0.3, 0.4) is 0 Å². The number of amidine groups is 1. The lowest BCUT2D eigenvalue weighted by Gasteiger charge is -2.23. The second-order valence-electron chi connectivity index (χ2n) is 5.43. The molecule has 0 aromatic carbocycles. The van der Waals surface area contributed by atoms with Gasteiger partial charge in [0.2, 0.25) is 0 Å². The maximum Gasteiger partial charge on any atom is 0.179 e. The first-order valence-electron chi connectivity index (χ1n) is 6.93. The highest BCUT2D eigenvalue weighted by molar-refractivity contribution is 5.97. The zero-order valence-electron chi connectivity index (χ0n) is 13.5. The fraction of sp³-hybridized carbons (Fsp3) is 0.562. The van der Waals surface area contributed by atoms with Gasteiger partial charge in [-0.25, -0.2) is 0 Å². The second-order valence-corrected chi connectivity index (χ2v) is 5.43. The minimum absolute atomic E-state index is 0.231. The van der Waals surface area contributed by atoms with Crippen molar-refractivity contribution in [1.29, 1.82) is 0 Å². The molecular formula is C16H29N3O. The number of nitrogens with one attached hydrogen (secondary N) is 2. The van der Waals surface area contributed by atoms with E-state index in [1.54, 1.807) is 0 Å². The van der Waals surface area contributed by atoms with Gasteiger partial charge in [0, 0.05) is 13.6 Å². The number of likely N-dealkylation sites (N-methyl/N-ethyl adjacent to an activating group) is 1. The molecule has 4 heteroatoms. The summed E-state index contributed by atoms with van der Waals surface area (Å²) < 4.78 is 5.60. The number of aliphatic imine (C=N–C) groups is 1. The summed E-state index contributed by atoms with van der Waals surface area (Å²) in [6.45, 7) is 17.2. The Labute approximate surface area is 123 Å². The lowest BCUT2D eigenvalue weighted by molar-refractivity contribution is 0.0417. The van der Waals surface area contributed by atoms with Crippen molar-refractivity contribution in [1.82, 2.24) is 10.6 Å². The molecule has 0 saturated heterocycles. The van der Waals surface area contributed by atoms with Gasteiger partial charge < -0.3 is 15.4 Å². The summed E-state index contributed by atoms with van der Waals surface area (Å²) >= 11 is 0. The van der Waals surface area contributed by atoms with Crippen LogP contribution in [0.25, 0.3) is 0 Å². The van der Waals surface area contributed by atoms with Crippen LogP contribution in [0.5, 0.6) is 0 Å². The number of rotatable bonds is 8. The monoisotopic (exact) mass is 279 g/mol. The molecule has 2 N–H and O–H groups in total. The average molecular weight is 279 g/mol. The Morgan fingerprint density at radius 2 is 1.95 bits per heavy atom. The minimum atomic E-state index is -0.231. The zero-order valence-corrected chi connectivity index (χ0v) is 13.5. The lowest BCUT2D eigenvalue weighted by atomic mass is 10.2. The van der Waals surface area contributed by atoms with E-state index in [9.17, 15) is 0 Å². The Hall–Kier alpha value is -1.71. The third kappa shape index (κ3) is 9.25. The molecule has 0 bridgehead atoms. The Morgan fingerprint density at radius 3 is 2.45 bits per heavy atom. The summed E-state index contributed by atoms with van der Waals surface area (Å²) in [5.74, 6) is 1.43. The Morgan fingerprint density at radius 1 is 1.30 bits per heavy atom. The zero-order chi connectivity index (χ0) is 15.6. The van der Waals surface area contributed by atoms with Gasteiger partial charge in [-0.3, -0.25) is 4.99 Å². The highest BCUT2D eigenvalue weighted by Crippen LogP contribution is 2.10. The Balaban J connectivity index is 4.14. The average Bonchev–Trinajstić information content (AvgIpc) is 2.32. The van der Waals surface area contributed by atoms with Crippen molar-refractivity contribution >= 4 is 5.84 Å². The highest BCUT2D eigenvalue weighted by Gasteiger charge is 2.12. The number of hydrogen-bond acceptors (Lipinski definition) is 3. The molecule has 4 nitrogen and oxygen atoms in total. The number of nitrogens with zero attached hydrogens (tertiary/aromatic N) is 1. The molecule has 0 aromatic heterocycles. The summed E-state index contributed by atoms with van der Waals surface area (Å²) in [6.07, 6.45) is 4.76. The predicted octanol–water partition coefficient (Wildman–Crippen LogP) is 3.00. The van der Waals surface area contributed by atoms with Crippen molar-refractivity contribution in [2.24, 2.45) is 4.99 Å². The van der Waals surface area contributed by atoms with E-state index in [4.69, 9.17) is 4.74 Å². The first-order chi connectivity index (χ1) is 9.30. The molecule has 0 fully saturated rings. The molecule has 0 atom stereocenters. The molecule has 0 aromatic rings. The molecule has 0 heterocycles. The molecule has 20 heavy (non-hydrogen) atoms. The third-order valence-electron chi connectivity index (χ3n) is 2.34. The molecule has 0 aliphatic rings. The van der Waals surface area contributed by atoms with Crippen LogP contribution in [0.1, 0.15) is 34.1 Å². The van der Waals surface area contributed by atoms with Crippen molar-refractivity contribution in [2.45, 2.75) is 39.7 Å². The fourth-order valence-corrected chi connectivity index (χ4v) is 1.49. The van der Waals surface area contributed by atoms with Gasteiger partial charge in [0.1, 0.15) is 11.4 Å². The van der Waals surface area contributed by atoms with Gasteiger partial charge in [-0.05, 0) is 46.3 Å². The van der Waals surface area contributed by atoms with E-state index in [2.05, 4.69) is 28.8 Å². The Bertz CT molecular complexity index is 376. The number of allylic oxidation sites excluding steroid dienone is 1. The minimum Gasteiger partial charge on any atom is -0.474 e. The maximum absolute atomic E-state index is 5.60. The van der Waals surface area contributed by atoms with Crippen LogP contribution in [-0.2, 0) is 4.74 Å². The molecule has 0 saturated carbocycles. The molecule has 0 unspecified atom stereocenters. The standard InChI is InChI=1S/C16H29N3O/c1-8-9-11-19-15(17-7)13(2)10-12-18-14(3)20-16(4,5)6/h8-9,18H,2-3,10-12H2,1,4-7H3,(H,17,19)/b9-8-. The highest BCUT2D eigenvalue weighted by atomic mass is 16.5. The van der Waals surface area contributed by atoms with Crippen LogP contribution < -0.4 is 10.6 Å². The molecule has 0 aliphatic heterocycles. The van der Waals surface area contributed by atoms with Gasteiger partial charge in [-0.1, -0.05) is 18.7 Å². The summed E-state index contributed by atoms with van der Waals surface area (Å²) in [7, 11) is 1.86. The van der Waals surface area contributed by atoms with Crippen molar-refractivity contribution in [2.75, 3.05) is 20.1 Å². The third-order valence-corrected chi connectivity index (χ3v) is 2.34. The SMILES string of the molecule is C=C(NCCC(=C)/C(=N/C/C=C\C)NC)OC(C)(C)C. The first-order valence-corrected chi connectivity index (χ1v) is 6.93. The van der Waals surface area contributed by atoms with E-state index < -0.39 is 0 Å². The van der Waals surface area contributed by atoms with Crippen LogP contribution in [-0.4, -0.2) is 31.6 Å². The quantitative estimate of drug-likeness (QED) is 0.311. The van der Waals surface area contributed by atoms with E-state index >= 15 is 0 Å². The summed E-state index contributed by atoms with van der Waals surface area (Å²) in [5, 5.41) is 6.21. The molecule has 0 aliphatic carbocycles. The van der Waals surface area contributed by atoms with E-state index in [0.717, 1.165) is 24.4 Å². The van der Waals surface area contributed by atoms with E-state index in [1.165, 1.54) is 0 Å². The molecule has 0 rings (SSSR count). The largest absolute Gasteiger partial charge is 0.474 e. The fourth-order valence-electron chi connectivity index (χ4n) is 1.49. The van der Waals surface area contributed by atoms with Gasteiger partial charge in [0.15, 0.2) is 5.88 Å². The van der Waals surface area contributed by atoms with E-state index in [1.807, 2.05) is 46.9 Å². The van der Waals surface area contributed by atoms with Crippen LogP contribution in [0.2, 0.25) is 0 Å². The number of hydrogen-bond donors (Lipinski definition) is 2. The van der Waals surface area contributed by atoms with Crippen molar-refractivity contribution in [3.05, 3.63) is 36.8 Å². The van der Waals surface area contributed by atoms with Crippen LogP contribution >= 0.6 is 0 Å². The summed E-state index contributed by atoms with van der Waals surface area (Å²) in [6, 6.07) is 0. The lowest BCUT2D eigenvalue weighted by Crippen LogP contribution is -2.27. The van der Waals surface area contributed by atoms with Crippen LogP contribution in [0.4, 0.5) is 0 Å².